The second-order valence-electron chi connectivity index (χ2n) is 8.30. The molecule has 0 bridgehead atoms. The number of aryl methyl sites for hydroxylation is 1. The second kappa shape index (κ2) is 9.48. The number of para-hydroxylation sites is 1. The molecule has 4 rings (SSSR count). The molecule has 34 heavy (non-hydrogen) atoms. The van der Waals surface area contributed by atoms with Crippen molar-refractivity contribution in [1.82, 2.24) is 5.32 Å². The number of hydrogen-bond donors (Lipinski definition) is 3. The van der Waals surface area contributed by atoms with Gasteiger partial charge in [0.25, 0.3) is 0 Å². The van der Waals surface area contributed by atoms with E-state index in [2.05, 4.69) is 10.6 Å². The molecule has 1 aliphatic rings. The second-order valence-corrected chi connectivity index (χ2v) is 8.30. The van der Waals surface area contributed by atoms with Gasteiger partial charge in [-0.3, -0.25) is 19.3 Å². The van der Waals surface area contributed by atoms with Crippen molar-refractivity contribution in [2.75, 3.05) is 16.8 Å². The van der Waals surface area contributed by atoms with E-state index in [1.165, 1.54) is 11.0 Å². The molecule has 0 spiro atoms. The molecular formula is C25H26N4O5. The summed E-state index contributed by atoms with van der Waals surface area (Å²) < 4.78 is 5.20. The Bertz CT molecular complexity index is 1330. The number of nitrogens with two attached hydrogens (primary N) is 1. The monoisotopic (exact) mass is 462 g/mol. The largest absolute Gasteiger partial charge is 0.423 e. The molecular weight excluding hydrogens is 436 g/mol. The minimum atomic E-state index is -0.784. The summed E-state index contributed by atoms with van der Waals surface area (Å²) in [7, 11) is 0. The van der Waals surface area contributed by atoms with Crippen molar-refractivity contribution in [2.24, 2.45) is 5.73 Å². The van der Waals surface area contributed by atoms with Crippen molar-refractivity contribution in [3.8, 4) is 0 Å². The summed E-state index contributed by atoms with van der Waals surface area (Å²) in [4.78, 5) is 51.4. The Labute approximate surface area is 195 Å². The van der Waals surface area contributed by atoms with E-state index in [-0.39, 0.29) is 12.5 Å². The van der Waals surface area contributed by atoms with E-state index in [1.807, 2.05) is 19.1 Å². The van der Waals surface area contributed by atoms with Gasteiger partial charge < -0.3 is 20.8 Å². The molecule has 2 heterocycles. The molecule has 2 atom stereocenters. The lowest BCUT2D eigenvalue weighted by Crippen LogP contribution is -2.53. The minimum Gasteiger partial charge on any atom is -0.423 e. The lowest BCUT2D eigenvalue weighted by Gasteiger charge is -2.27. The maximum absolute atomic E-state index is 13.0. The van der Waals surface area contributed by atoms with E-state index < -0.39 is 29.5 Å². The van der Waals surface area contributed by atoms with Crippen LogP contribution in [0.5, 0.6) is 0 Å². The number of nitrogens with zero attached hydrogens (tertiary/aromatic N) is 1. The Morgan fingerprint density at radius 3 is 2.71 bits per heavy atom. The van der Waals surface area contributed by atoms with Crippen LogP contribution in [0.1, 0.15) is 24.5 Å². The molecule has 0 aliphatic carbocycles. The smallest absolute Gasteiger partial charge is 0.336 e. The molecule has 0 saturated carbocycles. The third kappa shape index (κ3) is 4.55. The maximum atomic E-state index is 13.0. The van der Waals surface area contributed by atoms with Crippen LogP contribution < -0.4 is 26.9 Å². The predicted octanol–water partition coefficient (Wildman–Crippen LogP) is 1.85. The highest BCUT2D eigenvalue weighted by atomic mass is 16.4. The van der Waals surface area contributed by atoms with Gasteiger partial charge in [0.1, 0.15) is 11.6 Å². The molecule has 1 aliphatic heterocycles. The molecule has 9 nitrogen and oxygen atoms in total. The number of hydrogen-bond acceptors (Lipinski definition) is 6. The molecule has 1 aromatic heterocycles. The van der Waals surface area contributed by atoms with Crippen LogP contribution in [0.2, 0.25) is 0 Å². The number of amides is 3. The van der Waals surface area contributed by atoms with Gasteiger partial charge in [-0.15, -0.1) is 0 Å². The van der Waals surface area contributed by atoms with Crippen LogP contribution in [-0.4, -0.2) is 36.3 Å². The highest BCUT2D eigenvalue weighted by molar-refractivity contribution is 6.06. The van der Waals surface area contributed by atoms with Gasteiger partial charge in [0.2, 0.25) is 17.7 Å². The molecule has 3 amide bonds. The quantitative estimate of drug-likeness (QED) is 0.479. The van der Waals surface area contributed by atoms with Crippen LogP contribution >= 0.6 is 0 Å². The van der Waals surface area contributed by atoms with Crippen molar-refractivity contribution in [1.29, 1.82) is 0 Å². The summed E-state index contributed by atoms with van der Waals surface area (Å²) in [5, 5.41) is 6.06. The number of nitrogens with one attached hydrogen (secondary N) is 2. The molecule has 4 N–H and O–H groups in total. The van der Waals surface area contributed by atoms with Gasteiger partial charge in [0, 0.05) is 35.3 Å². The van der Waals surface area contributed by atoms with E-state index in [9.17, 15) is 19.2 Å². The van der Waals surface area contributed by atoms with E-state index in [0.717, 1.165) is 16.5 Å². The SMILES string of the molecule is CCC(N)C(=O)N1c2ccccc2CC1C(=O)NCC(=O)Nc1ccc2c(C)cc(=O)oc2c1. The van der Waals surface area contributed by atoms with Gasteiger partial charge in [-0.2, -0.15) is 0 Å². The van der Waals surface area contributed by atoms with E-state index in [4.69, 9.17) is 10.2 Å². The topological polar surface area (TPSA) is 135 Å². The standard InChI is InChI=1S/C25H26N4O5/c1-3-18(26)25(33)29-19-7-5-4-6-15(19)11-20(29)24(32)27-13-22(30)28-16-8-9-17-14(2)10-23(31)34-21(17)12-16/h4-10,12,18,20H,3,11,13,26H2,1-2H3,(H,27,32)(H,28,30). The first kappa shape index (κ1) is 23.2. The third-order valence-electron chi connectivity index (χ3n) is 5.93. The number of anilines is 2. The number of carbonyl (C=O) groups excluding carboxylic acids is 3. The molecule has 2 unspecified atom stereocenters. The molecule has 0 fully saturated rings. The fourth-order valence-electron chi connectivity index (χ4n) is 4.11. The van der Waals surface area contributed by atoms with Crippen LogP contribution in [0.25, 0.3) is 11.0 Å². The zero-order valence-electron chi connectivity index (χ0n) is 19.0. The van der Waals surface area contributed by atoms with E-state index in [1.54, 1.807) is 37.3 Å². The number of rotatable bonds is 6. The zero-order chi connectivity index (χ0) is 24.4. The summed E-state index contributed by atoms with van der Waals surface area (Å²) in [6, 6.07) is 12.2. The van der Waals surface area contributed by atoms with Crippen LogP contribution in [-0.2, 0) is 20.8 Å². The lowest BCUT2D eigenvalue weighted by molar-refractivity contribution is -0.127. The number of fused-ring (bicyclic) bond motifs is 2. The Kier molecular flexibility index (Phi) is 6.47. The lowest BCUT2D eigenvalue weighted by atomic mass is 10.1. The van der Waals surface area contributed by atoms with Crippen LogP contribution in [0.4, 0.5) is 11.4 Å². The fourth-order valence-corrected chi connectivity index (χ4v) is 4.11. The molecule has 9 heteroatoms. The first-order chi connectivity index (χ1) is 16.3. The summed E-state index contributed by atoms with van der Waals surface area (Å²) in [6.45, 7) is 3.32. The fraction of sp³-hybridized carbons (Fsp3) is 0.280. The van der Waals surface area contributed by atoms with E-state index in [0.29, 0.717) is 29.8 Å². The predicted molar refractivity (Wildman–Crippen MR) is 129 cm³/mol. The third-order valence-corrected chi connectivity index (χ3v) is 5.93. The maximum Gasteiger partial charge on any atom is 0.336 e. The van der Waals surface area contributed by atoms with Crippen molar-refractivity contribution in [2.45, 2.75) is 38.8 Å². The molecule has 2 aromatic carbocycles. The number of benzene rings is 2. The molecule has 176 valence electrons. The van der Waals surface area contributed by atoms with Crippen molar-refractivity contribution in [3.63, 3.8) is 0 Å². The van der Waals surface area contributed by atoms with Crippen molar-refractivity contribution < 1.29 is 18.8 Å². The Morgan fingerprint density at radius 1 is 1.18 bits per heavy atom. The van der Waals surface area contributed by atoms with E-state index >= 15 is 0 Å². The minimum absolute atomic E-state index is 0.288. The highest BCUT2D eigenvalue weighted by Gasteiger charge is 2.39. The van der Waals surface area contributed by atoms with Gasteiger partial charge in [0.05, 0.1) is 12.6 Å². The summed E-state index contributed by atoms with van der Waals surface area (Å²) >= 11 is 0. The van der Waals surface area contributed by atoms with Crippen LogP contribution in [0.3, 0.4) is 0 Å². The van der Waals surface area contributed by atoms with Crippen molar-refractivity contribution in [3.05, 3.63) is 70.1 Å². The molecule has 0 radical (unpaired) electrons. The molecule has 0 saturated heterocycles. The van der Waals surface area contributed by atoms with Crippen molar-refractivity contribution >= 4 is 40.1 Å². The average Bonchev–Trinajstić information content (AvgIpc) is 3.20. The highest BCUT2D eigenvalue weighted by Crippen LogP contribution is 2.32. The Hall–Kier alpha value is -3.98. The van der Waals surface area contributed by atoms with Gasteiger partial charge in [-0.25, -0.2) is 4.79 Å². The Morgan fingerprint density at radius 2 is 1.94 bits per heavy atom. The normalized spacial score (nSPS) is 15.6. The van der Waals surface area contributed by atoms with Crippen LogP contribution in [0, 0.1) is 6.92 Å². The summed E-state index contributed by atoms with van der Waals surface area (Å²) in [5.41, 5.74) is 8.59. The first-order valence-corrected chi connectivity index (χ1v) is 11.1. The summed E-state index contributed by atoms with van der Waals surface area (Å²) in [5.74, 6) is -1.23. The van der Waals surface area contributed by atoms with Gasteiger partial charge in [-0.1, -0.05) is 25.1 Å². The number of carbonyl (C=O) groups is 3. The molecule has 3 aromatic rings. The van der Waals surface area contributed by atoms with Gasteiger partial charge >= 0.3 is 5.63 Å². The first-order valence-electron chi connectivity index (χ1n) is 11.1. The Balaban J connectivity index is 1.43. The average molecular weight is 463 g/mol. The van der Waals surface area contributed by atoms with Gasteiger partial charge in [-0.05, 0) is 42.7 Å². The van der Waals surface area contributed by atoms with Crippen LogP contribution in [0.15, 0.2) is 57.7 Å². The van der Waals surface area contributed by atoms with Gasteiger partial charge in [0.15, 0.2) is 0 Å². The summed E-state index contributed by atoms with van der Waals surface area (Å²) in [6.07, 6.45) is 0.786. The zero-order valence-corrected chi connectivity index (χ0v) is 19.0.